The van der Waals surface area contributed by atoms with Gasteiger partial charge in [-0.2, -0.15) is 5.10 Å². The summed E-state index contributed by atoms with van der Waals surface area (Å²) in [6.07, 6.45) is 1.59. The molecule has 0 amide bonds. The summed E-state index contributed by atoms with van der Waals surface area (Å²) >= 11 is 4.87. The standard InChI is InChI=1S/C6H7BrN4S/c7-4-1-5(12-3-4)2-10-11-6(8)9/h1-3H,(H4,8,9,11). The Labute approximate surface area is 82.1 Å². The molecule has 1 aromatic heterocycles. The predicted molar refractivity (Wildman–Crippen MR) is 55.4 cm³/mol. The van der Waals surface area contributed by atoms with E-state index in [0.29, 0.717) is 0 Å². The van der Waals surface area contributed by atoms with Gasteiger partial charge in [-0.05, 0) is 22.0 Å². The molecule has 0 saturated heterocycles. The SMILES string of the molecule is NC(N)=NN=Cc1cc(Br)cs1. The van der Waals surface area contributed by atoms with Gasteiger partial charge in [0.1, 0.15) is 0 Å². The summed E-state index contributed by atoms with van der Waals surface area (Å²) in [6.45, 7) is 0. The highest BCUT2D eigenvalue weighted by Crippen LogP contribution is 2.17. The number of hydrogen-bond donors (Lipinski definition) is 2. The minimum Gasteiger partial charge on any atom is -0.369 e. The first-order valence-electron chi connectivity index (χ1n) is 3.04. The first-order valence-corrected chi connectivity index (χ1v) is 4.72. The summed E-state index contributed by atoms with van der Waals surface area (Å²) in [7, 11) is 0. The Bertz CT molecular complexity index is 313. The van der Waals surface area contributed by atoms with Crippen molar-refractivity contribution in [2.24, 2.45) is 21.7 Å². The lowest BCUT2D eigenvalue weighted by molar-refractivity contribution is 1.22. The molecule has 4 nitrogen and oxygen atoms in total. The van der Waals surface area contributed by atoms with Crippen LogP contribution in [0, 0.1) is 0 Å². The summed E-state index contributed by atoms with van der Waals surface area (Å²) in [5, 5.41) is 9.07. The van der Waals surface area contributed by atoms with Crippen LogP contribution in [-0.2, 0) is 0 Å². The van der Waals surface area contributed by atoms with Crippen molar-refractivity contribution >= 4 is 39.4 Å². The van der Waals surface area contributed by atoms with Gasteiger partial charge in [0.15, 0.2) is 0 Å². The molecule has 64 valence electrons. The quantitative estimate of drug-likeness (QED) is 0.466. The number of nitrogens with two attached hydrogens (primary N) is 2. The molecule has 6 heteroatoms. The molecule has 0 saturated carbocycles. The monoisotopic (exact) mass is 246 g/mol. The fourth-order valence-electron chi connectivity index (χ4n) is 0.548. The molecule has 0 aliphatic carbocycles. The van der Waals surface area contributed by atoms with Crippen LogP contribution < -0.4 is 11.5 Å². The zero-order valence-corrected chi connectivity index (χ0v) is 8.47. The predicted octanol–water partition coefficient (Wildman–Crippen LogP) is 1.12. The second-order valence-electron chi connectivity index (χ2n) is 1.94. The molecule has 12 heavy (non-hydrogen) atoms. The van der Waals surface area contributed by atoms with Crippen molar-refractivity contribution in [2.75, 3.05) is 0 Å². The summed E-state index contributed by atoms with van der Waals surface area (Å²) in [6, 6.07) is 1.93. The van der Waals surface area contributed by atoms with Crippen molar-refractivity contribution in [1.29, 1.82) is 0 Å². The number of rotatable bonds is 2. The molecule has 0 unspecified atom stereocenters. The van der Waals surface area contributed by atoms with Crippen molar-refractivity contribution in [3.8, 4) is 0 Å². The molecular weight excluding hydrogens is 240 g/mol. The highest BCUT2D eigenvalue weighted by Gasteiger charge is 1.91. The highest BCUT2D eigenvalue weighted by atomic mass is 79.9. The van der Waals surface area contributed by atoms with Crippen molar-refractivity contribution in [3.05, 3.63) is 20.8 Å². The van der Waals surface area contributed by atoms with E-state index >= 15 is 0 Å². The van der Waals surface area contributed by atoms with E-state index in [-0.39, 0.29) is 5.96 Å². The van der Waals surface area contributed by atoms with Gasteiger partial charge in [-0.3, -0.25) is 0 Å². The first-order chi connectivity index (χ1) is 5.68. The molecule has 4 N–H and O–H groups in total. The number of thiophene rings is 1. The molecule has 0 aromatic carbocycles. The Morgan fingerprint density at radius 2 is 2.33 bits per heavy atom. The molecular formula is C6H7BrN4S. The average molecular weight is 247 g/mol. The third-order valence-corrected chi connectivity index (χ3v) is 2.57. The lowest BCUT2D eigenvalue weighted by Gasteiger charge is -1.82. The molecule has 0 aliphatic rings. The second kappa shape index (κ2) is 4.22. The summed E-state index contributed by atoms with van der Waals surface area (Å²) in [5.41, 5.74) is 10.1. The minimum absolute atomic E-state index is 0.0399. The zero-order chi connectivity index (χ0) is 8.97. The van der Waals surface area contributed by atoms with Crippen LogP contribution in [0.3, 0.4) is 0 Å². The molecule has 0 spiro atoms. The average Bonchev–Trinajstić information content (AvgIpc) is 2.35. The van der Waals surface area contributed by atoms with Crippen molar-refractivity contribution < 1.29 is 0 Å². The van der Waals surface area contributed by atoms with Crippen LogP contribution in [0.25, 0.3) is 0 Å². The topological polar surface area (TPSA) is 76.8 Å². The van der Waals surface area contributed by atoms with E-state index in [4.69, 9.17) is 11.5 Å². The van der Waals surface area contributed by atoms with Crippen LogP contribution in [-0.4, -0.2) is 12.2 Å². The largest absolute Gasteiger partial charge is 0.369 e. The molecule has 0 radical (unpaired) electrons. The molecule has 0 fully saturated rings. The van der Waals surface area contributed by atoms with Crippen LogP contribution in [0.4, 0.5) is 0 Å². The van der Waals surface area contributed by atoms with Crippen molar-refractivity contribution in [2.45, 2.75) is 0 Å². The lowest BCUT2D eigenvalue weighted by atomic mass is 10.5. The van der Waals surface area contributed by atoms with E-state index in [1.165, 1.54) is 0 Å². The van der Waals surface area contributed by atoms with Crippen molar-refractivity contribution in [3.63, 3.8) is 0 Å². The van der Waals surface area contributed by atoms with Crippen LogP contribution in [0.2, 0.25) is 0 Å². The van der Waals surface area contributed by atoms with Gasteiger partial charge in [-0.15, -0.1) is 16.4 Å². The number of halogens is 1. The maximum atomic E-state index is 5.07. The molecule has 1 aromatic rings. The van der Waals surface area contributed by atoms with E-state index in [2.05, 4.69) is 26.1 Å². The zero-order valence-electron chi connectivity index (χ0n) is 6.07. The van der Waals surface area contributed by atoms with Gasteiger partial charge in [0.2, 0.25) is 5.96 Å². The third kappa shape index (κ3) is 3.02. The smallest absolute Gasteiger partial charge is 0.211 e. The molecule has 1 rings (SSSR count). The summed E-state index contributed by atoms with van der Waals surface area (Å²) in [5.74, 6) is -0.0399. The van der Waals surface area contributed by atoms with Gasteiger partial charge in [-0.25, -0.2) is 0 Å². The maximum Gasteiger partial charge on any atom is 0.211 e. The second-order valence-corrected chi connectivity index (χ2v) is 3.80. The Hall–Kier alpha value is -0.880. The Morgan fingerprint density at radius 3 is 2.83 bits per heavy atom. The minimum atomic E-state index is -0.0399. The van der Waals surface area contributed by atoms with E-state index in [1.54, 1.807) is 17.6 Å². The van der Waals surface area contributed by atoms with Crippen molar-refractivity contribution in [1.82, 2.24) is 0 Å². The molecule has 0 aliphatic heterocycles. The number of guanidine groups is 1. The first kappa shape index (κ1) is 9.21. The van der Waals surface area contributed by atoms with Crippen LogP contribution >= 0.6 is 27.3 Å². The van der Waals surface area contributed by atoms with E-state index in [0.717, 1.165) is 9.35 Å². The lowest BCUT2D eigenvalue weighted by Crippen LogP contribution is -2.21. The highest BCUT2D eigenvalue weighted by molar-refractivity contribution is 9.10. The van der Waals surface area contributed by atoms with Gasteiger partial charge < -0.3 is 11.5 Å². The van der Waals surface area contributed by atoms with Gasteiger partial charge in [0.25, 0.3) is 0 Å². The number of hydrogen-bond acceptors (Lipinski definition) is 3. The van der Waals surface area contributed by atoms with Gasteiger partial charge in [-0.1, -0.05) is 0 Å². The fraction of sp³-hybridized carbons (Fsp3) is 0. The van der Waals surface area contributed by atoms with Gasteiger partial charge in [0.05, 0.1) is 6.21 Å². The van der Waals surface area contributed by atoms with Crippen LogP contribution in [0.5, 0.6) is 0 Å². The maximum absolute atomic E-state index is 5.07. The Balaban J connectivity index is 2.64. The van der Waals surface area contributed by atoms with Gasteiger partial charge in [0, 0.05) is 14.7 Å². The van der Waals surface area contributed by atoms with E-state index < -0.39 is 0 Å². The fourth-order valence-corrected chi connectivity index (χ4v) is 1.85. The van der Waals surface area contributed by atoms with E-state index in [1.807, 2.05) is 11.4 Å². The van der Waals surface area contributed by atoms with Crippen LogP contribution in [0.15, 0.2) is 26.1 Å². The Morgan fingerprint density at radius 1 is 1.58 bits per heavy atom. The Kier molecular flexibility index (Phi) is 3.24. The molecule has 0 bridgehead atoms. The van der Waals surface area contributed by atoms with Gasteiger partial charge >= 0.3 is 0 Å². The molecule has 0 atom stereocenters. The third-order valence-electron chi connectivity index (χ3n) is 0.946. The van der Waals surface area contributed by atoms with Crippen LogP contribution in [0.1, 0.15) is 4.88 Å². The summed E-state index contributed by atoms with van der Waals surface area (Å²) in [4.78, 5) is 0.992. The summed E-state index contributed by atoms with van der Waals surface area (Å²) < 4.78 is 1.03. The van der Waals surface area contributed by atoms with E-state index in [9.17, 15) is 0 Å². The normalized spacial score (nSPS) is 10.4. The molecule has 1 heterocycles. The number of nitrogens with zero attached hydrogens (tertiary/aromatic N) is 2.